The third kappa shape index (κ3) is 3.31. The van der Waals surface area contributed by atoms with Gasteiger partial charge in [0.15, 0.2) is 11.6 Å². The van der Waals surface area contributed by atoms with Crippen LogP contribution in [0, 0.1) is 15.9 Å². The van der Waals surface area contributed by atoms with Gasteiger partial charge in [-0.15, -0.1) is 0 Å². The van der Waals surface area contributed by atoms with E-state index in [9.17, 15) is 14.5 Å². The molecule has 104 valence electrons. The predicted molar refractivity (Wildman–Crippen MR) is 75.2 cm³/mol. The number of halogens is 2. The van der Waals surface area contributed by atoms with Crippen molar-refractivity contribution in [3.63, 3.8) is 0 Å². The Morgan fingerprint density at radius 2 is 2.05 bits per heavy atom. The number of benzene rings is 2. The van der Waals surface area contributed by atoms with Crippen molar-refractivity contribution in [2.45, 2.75) is 6.54 Å². The van der Waals surface area contributed by atoms with Crippen LogP contribution in [0.5, 0.6) is 11.5 Å². The predicted octanol–water partition coefficient (Wildman–Crippen LogP) is 3.75. The van der Waals surface area contributed by atoms with Gasteiger partial charge in [0.25, 0.3) is 5.69 Å². The highest BCUT2D eigenvalue weighted by atomic mass is 79.9. The molecule has 2 N–H and O–H groups in total. The number of hydrogen-bond acceptors (Lipinski definition) is 4. The van der Waals surface area contributed by atoms with Crippen LogP contribution < -0.4 is 10.5 Å². The Hall–Kier alpha value is -1.99. The number of non-ortho nitro benzene ring substituents is 1. The maximum absolute atomic E-state index is 13.8. The molecule has 0 aromatic heterocycles. The fraction of sp³-hybridized carbons (Fsp3) is 0.0769. The van der Waals surface area contributed by atoms with Crippen LogP contribution in [0.4, 0.5) is 10.1 Å². The molecule has 2 aromatic rings. The number of rotatable bonds is 4. The molecule has 7 heteroatoms. The molecule has 0 aliphatic rings. The van der Waals surface area contributed by atoms with Gasteiger partial charge in [-0.3, -0.25) is 10.1 Å². The van der Waals surface area contributed by atoms with E-state index in [1.807, 2.05) is 0 Å². The van der Waals surface area contributed by atoms with Crippen LogP contribution >= 0.6 is 15.9 Å². The summed E-state index contributed by atoms with van der Waals surface area (Å²) in [6.07, 6.45) is 0. The van der Waals surface area contributed by atoms with Crippen molar-refractivity contribution in [3.05, 3.63) is 62.4 Å². The first kappa shape index (κ1) is 14.4. The highest BCUT2D eigenvalue weighted by Gasteiger charge is 2.12. The van der Waals surface area contributed by atoms with E-state index in [-0.39, 0.29) is 23.7 Å². The molecule has 5 nitrogen and oxygen atoms in total. The SMILES string of the molecule is NCc1ccc(Oc2cc(Br)cc([N+](=O)[O-])c2)c(F)c1. The molecule has 0 saturated carbocycles. The highest BCUT2D eigenvalue weighted by molar-refractivity contribution is 9.10. The molecular formula is C13H10BrFN2O3. The van der Waals surface area contributed by atoms with Crippen molar-refractivity contribution in [2.24, 2.45) is 5.73 Å². The lowest BCUT2D eigenvalue weighted by molar-refractivity contribution is -0.385. The van der Waals surface area contributed by atoms with E-state index in [1.54, 1.807) is 6.07 Å². The first-order valence-corrected chi connectivity index (χ1v) is 6.40. The monoisotopic (exact) mass is 340 g/mol. The van der Waals surface area contributed by atoms with Crippen molar-refractivity contribution < 1.29 is 14.1 Å². The van der Waals surface area contributed by atoms with E-state index in [4.69, 9.17) is 10.5 Å². The molecule has 0 heterocycles. The Bertz CT molecular complexity index is 664. The largest absolute Gasteiger partial charge is 0.454 e. The molecule has 2 aromatic carbocycles. The summed E-state index contributed by atoms with van der Waals surface area (Å²) in [6.45, 7) is 0.222. The highest BCUT2D eigenvalue weighted by Crippen LogP contribution is 2.31. The minimum absolute atomic E-state index is 0.0189. The molecule has 0 fully saturated rings. The van der Waals surface area contributed by atoms with Gasteiger partial charge in [0.1, 0.15) is 5.75 Å². The van der Waals surface area contributed by atoms with Gasteiger partial charge in [0, 0.05) is 17.1 Å². The average molecular weight is 341 g/mol. The fourth-order valence-electron chi connectivity index (χ4n) is 1.59. The summed E-state index contributed by atoms with van der Waals surface area (Å²) < 4.78 is 19.6. The summed E-state index contributed by atoms with van der Waals surface area (Å²) in [6, 6.07) is 8.40. The van der Waals surface area contributed by atoms with E-state index in [0.29, 0.717) is 10.0 Å². The zero-order valence-electron chi connectivity index (χ0n) is 10.2. The Kier molecular flexibility index (Phi) is 4.31. The van der Waals surface area contributed by atoms with Crippen LogP contribution in [0.1, 0.15) is 5.56 Å². The molecule has 0 atom stereocenters. The van der Waals surface area contributed by atoms with E-state index in [0.717, 1.165) is 0 Å². The molecule has 20 heavy (non-hydrogen) atoms. The van der Waals surface area contributed by atoms with Crippen molar-refractivity contribution in [1.82, 2.24) is 0 Å². The van der Waals surface area contributed by atoms with Crippen molar-refractivity contribution in [3.8, 4) is 11.5 Å². The van der Waals surface area contributed by atoms with E-state index < -0.39 is 10.7 Å². The smallest absolute Gasteiger partial charge is 0.274 e. The summed E-state index contributed by atoms with van der Waals surface area (Å²) in [5, 5.41) is 10.7. The quantitative estimate of drug-likeness (QED) is 0.679. The molecule has 0 unspecified atom stereocenters. The van der Waals surface area contributed by atoms with Crippen LogP contribution in [0.15, 0.2) is 40.9 Å². The number of ether oxygens (including phenoxy) is 1. The van der Waals surface area contributed by atoms with E-state index >= 15 is 0 Å². The maximum atomic E-state index is 13.8. The van der Waals surface area contributed by atoms with Gasteiger partial charge in [-0.25, -0.2) is 4.39 Å². The van der Waals surface area contributed by atoms with Crippen molar-refractivity contribution in [1.29, 1.82) is 0 Å². The lowest BCUT2D eigenvalue weighted by Gasteiger charge is -2.08. The summed E-state index contributed by atoms with van der Waals surface area (Å²) in [4.78, 5) is 10.2. The number of nitro benzene ring substituents is 1. The lowest BCUT2D eigenvalue weighted by atomic mass is 10.2. The molecule has 0 aliphatic carbocycles. The Balaban J connectivity index is 2.32. The van der Waals surface area contributed by atoms with Crippen LogP contribution in [0.3, 0.4) is 0 Å². The molecule has 0 saturated heterocycles. The second-order valence-corrected chi connectivity index (χ2v) is 4.89. The lowest BCUT2D eigenvalue weighted by Crippen LogP contribution is -1.98. The van der Waals surface area contributed by atoms with Gasteiger partial charge in [0.2, 0.25) is 0 Å². The molecule has 2 rings (SSSR count). The standard InChI is InChI=1S/C13H10BrFN2O3/c14-9-4-10(17(18)19)6-11(5-9)20-13-2-1-8(7-16)3-12(13)15/h1-6H,7,16H2. The fourth-order valence-corrected chi connectivity index (χ4v) is 2.05. The number of nitrogens with zero attached hydrogens (tertiary/aromatic N) is 1. The van der Waals surface area contributed by atoms with Gasteiger partial charge < -0.3 is 10.5 Å². The van der Waals surface area contributed by atoms with Crippen molar-refractivity contribution in [2.75, 3.05) is 0 Å². The van der Waals surface area contributed by atoms with Crippen LogP contribution in [-0.2, 0) is 6.54 Å². The molecule has 0 aliphatic heterocycles. The zero-order chi connectivity index (χ0) is 14.7. The zero-order valence-corrected chi connectivity index (χ0v) is 11.8. The van der Waals surface area contributed by atoms with E-state index in [2.05, 4.69) is 15.9 Å². The molecular weight excluding hydrogens is 331 g/mol. The molecule has 0 amide bonds. The van der Waals surface area contributed by atoms with Crippen LogP contribution in [0.25, 0.3) is 0 Å². The Morgan fingerprint density at radius 1 is 1.30 bits per heavy atom. The minimum Gasteiger partial charge on any atom is -0.454 e. The van der Waals surface area contributed by atoms with Gasteiger partial charge in [-0.1, -0.05) is 22.0 Å². The molecule has 0 bridgehead atoms. The topological polar surface area (TPSA) is 78.4 Å². The van der Waals surface area contributed by atoms with Gasteiger partial charge in [-0.2, -0.15) is 0 Å². The van der Waals surface area contributed by atoms with E-state index in [1.165, 1.54) is 30.3 Å². The Labute approximate surface area is 122 Å². The van der Waals surface area contributed by atoms with Crippen LogP contribution in [-0.4, -0.2) is 4.92 Å². The van der Waals surface area contributed by atoms with Gasteiger partial charge in [0.05, 0.1) is 11.0 Å². The number of nitro groups is 1. The summed E-state index contributed by atoms with van der Waals surface area (Å²) >= 11 is 3.14. The van der Waals surface area contributed by atoms with Crippen molar-refractivity contribution >= 4 is 21.6 Å². The summed E-state index contributed by atoms with van der Waals surface area (Å²) in [5.74, 6) is -0.421. The third-order valence-electron chi connectivity index (χ3n) is 2.53. The Morgan fingerprint density at radius 3 is 2.65 bits per heavy atom. The minimum atomic E-state index is -0.574. The average Bonchev–Trinajstić information content (AvgIpc) is 2.40. The number of nitrogens with two attached hydrogens (primary N) is 1. The second kappa shape index (κ2) is 5.98. The van der Waals surface area contributed by atoms with Gasteiger partial charge in [-0.05, 0) is 23.8 Å². The normalized spacial score (nSPS) is 10.3. The number of hydrogen-bond donors (Lipinski definition) is 1. The van der Waals surface area contributed by atoms with Crippen LogP contribution in [0.2, 0.25) is 0 Å². The maximum Gasteiger partial charge on any atom is 0.274 e. The van der Waals surface area contributed by atoms with Gasteiger partial charge >= 0.3 is 0 Å². The molecule has 0 spiro atoms. The first-order valence-electron chi connectivity index (χ1n) is 5.61. The summed E-state index contributed by atoms with van der Waals surface area (Å²) in [7, 11) is 0. The third-order valence-corrected chi connectivity index (χ3v) is 2.98. The summed E-state index contributed by atoms with van der Waals surface area (Å²) in [5.41, 5.74) is 5.90. The first-order chi connectivity index (χ1) is 9.49. The second-order valence-electron chi connectivity index (χ2n) is 3.97. The molecule has 0 radical (unpaired) electrons.